The lowest BCUT2D eigenvalue weighted by Crippen LogP contribution is -2.38. The van der Waals surface area contributed by atoms with Crippen molar-refractivity contribution in [3.8, 4) is 5.75 Å². The van der Waals surface area contributed by atoms with Crippen molar-refractivity contribution in [2.75, 3.05) is 13.1 Å². The molecule has 2 N–H and O–H groups in total. The van der Waals surface area contributed by atoms with Gasteiger partial charge in [0, 0.05) is 13.1 Å². The fourth-order valence-electron chi connectivity index (χ4n) is 2.28. The van der Waals surface area contributed by atoms with Crippen LogP contribution < -0.4 is 10.5 Å². The van der Waals surface area contributed by atoms with E-state index in [9.17, 15) is 9.18 Å². The molecule has 1 aliphatic rings. The van der Waals surface area contributed by atoms with E-state index in [1.54, 1.807) is 17.9 Å². The zero-order chi connectivity index (χ0) is 14.7. The van der Waals surface area contributed by atoms with Crippen LogP contribution in [0.5, 0.6) is 5.75 Å². The normalized spacial score (nSPS) is 16.0. The van der Waals surface area contributed by atoms with E-state index in [4.69, 9.17) is 22.7 Å². The van der Waals surface area contributed by atoms with Crippen LogP contribution in [-0.2, 0) is 4.79 Å². The molecule has 2 rings (SSSR count). The standard InChI is InChI=1S/C14H17FN2O2S/c1-9(14(18)17-7-2-3-8-17)19-11-6-4-5-10(15)12(11)13(16)20/h4-6,9H,2-3,7-8H2,1H3,(H2,16,20). The highest BCUT2D eigenvalue weighted by Gasteiger charge is 2.25. The zero-order valence-corrected chi connectivity index (χ0v) is 12.1. The summed E-state index contributed by atoms with van der Waals surface area (Å²) in [6.07, 6.45) is 1.33. The molecule has 1 atom stereocenters. The summed E-state index contributed by atoms with van der Waals surface area (Å²) in [4.78, 5) is 13.8. The lowest BCUT2D eigenvalue weighted by Gasteiger charge is -2.22. The minimum atomic E-state index is -0.692. The molecule has 1 aliphatic heterocycles. The molecule has 1 aromatic carbocycles. The monoisotopic (exact) mass is 296 g/mol. The van der Waals surface area contributed by atoms with Crippen molar-refractivity contribution in [3.63, 3.8) is 0 Å². The van der Waals surface area contributed by atoms with Crippen molar-refractivity contribution in [3.05, 3.63) is 29.6 Å². The highest BCUT2D eigenvalue weighted by atomic mass is 32.1. The Labute approximate surface area is 122 Å². The van der Waals surface area contributed by atoms with Gasteiger partial charge in [-0.2, -0.15) is 0 Å². The Morgan fingerprint density at radius 3 is 2.70 bits per heavy atom. The molecule has 1 fully saturated rings. The number of hydrogen-bond donors (Lipinski definition) is 1. The highest BCUT2D eigenvalue weighted by molar-refractivity contribution is 7.80. The molecule has 1 heterocycles. The molecule has 108 valence electrons. The highest BCUT2D eigenvalue weighted by Crippen LogP contribution is 2.23. The summed E-state index contributed by atoms with van der Waals surface area (Å²) in [7, 11) is 0. The maximum absolute atomic E-state index is 13.7. The number of nitrogens with zero attached hydrogens (tertiary/aromatic N) is 1. The summed E-state index contributed by atoms with van der Waals surface area (Å²) in [6, 6.07) is 4.32. The van der Waals surface area contributed by atoms with Crippen molar-refractivity contribution in [2.24, 2.45) is 5.73 Å². The first-order chi connectivity index (χ1) is 9.50. The molecule has 0 aromatic heterocycles. The number of hydrogen-bond acceptors (Lipinski definition) is 3. The van der Waals surface area contributed by atoms with E-state index in [1.165, 1.54) is 12.1 Å². The van der Waals surface area contributed by atoms with E-state index in [-0.39, 0.29) is 22.2 Å². The average Bonchev–Trinajstić information content (AvgIpc) is 2.91. The predicted octanol–water partition coefficient (Wildman–Crippen LogP) is 1.85. The molecule has 0 radical (unpaired) electrons. The van der Waals surface area contributed by atoms with E-state index >= 15 is 0 Å². The maximum Gasteiger partial charge on any atom is 0.263 e. The van der Waals surface area contributed by atoms with Crippen LogP contribution in [0.1, 0.15) is 25.3 Å². The molecule has 1 unspecified atom stereocenters. The number of nitrogens with two attached hydrogens (primary N) is 1. The van der Waals surface area contributed by atoms with Gasteiger partial charge in [-0.1, -0.05) is 18.3 Å². The van der Waals surface area contributed by atoms with Gasteiger partial charge in [0.2, 0.25) is 0 Å². The quantitative estimate of drug-likeness (QED) is 0.862. The molecule has 6 heteroatoms. The van der Waals surface area contributed by atoms with Crippen LogP contribution in [0.4, 0.5) is 4.39 Å². The molecule has 0 aliphatic carbocycles. The molecular weight excluding hydrogens is 279 g/mol. The maximum atomic E-state index is 13.7. The largest absolute Gasteiger partial charge is 0.480 e. The van der Waals surface area contributed by atoms with Gasteiger partial charge in [-0.3, -0.25) is 4.79 Å². The topological polar surface area (TPSA) is 55.6 Å². The van der Waals surface area contributed by atoms with Crippen LogP contribution in [0.2, 0.25) is 0 Å². The first-order valence-electron chi connectivity index (χ1n) is 6.54. The minimum Gasteiger partial charge on any atom is -0.480 e. The number of rotatable bonds is 4. The average molecular weight is 296 g/mol. The van der Waals surface area contributed by atoms with Gasteiger partial charge < -0.3 is 15.4 Å². The lowest BCUT2D eigenvalue weighted by molar-refractivity contribution is -0.136. The number of carbonyl (C=O) groups excluding carboxylic acids is 1. The number of ether oxygens (including phenoxy) is 1. The van der Waals surface area contributed by atoms with E-state index < -0.39 is 11.9 Å². The molecule has 1 saturated heterocycles. The molecule has 1 aromatic rings. The van der Waals surface area contributed by atoms with Crippen LogP contribution in [0.25, 0.3) is 0 Å². The summed E-state index contributed by atoms with van der Waals surface area (Å²) >= 11 is 4.83. The first-order valence-corrected chi connectivity index (χ1v) is 6.95. The van der Waals surface area contributed by atoms with E-state index in [2.05, 4.69) is 0 Å². The molecule has 0 saturated carbocycles. The van der Waals surface area contributed by atoms with Gasteiger partial charge in [-0.05, 0) is 31.9 Å². The van der Waals surface area contributed by atoms with Gasteiger partial charge in [-0.25, -0.2) is 4.39 Å². The third kappa shape index (κ3) is 3.07. The smallest absolute Gasteiger partial charge is 0.263 e. The Hall–Kier alpha value is -1.69. The van der Waals surface area contributed by atoms with Gasteiger partial charge >= 0.3 is 0 Å². The van der Waals surface area contributed by atoms with Gasteiger partial charge in [0.15, 0.2) is 6.10 Å². The van der Waals surface area contributed by atoms with Crippen molar-refractivity contribution in [2.45, 2.75) is 25.9 Å². The van der Waals surface area contributed by atoms with E-state index in [0.717, 1.165) is 25.9 Å². The molecular formula is C14H17FN2O2S. The molecule has 0 spiro atoms. The van der Waals surface area contributed by atoms with Crippen molar-refractivity contribution in [1.82, 2.24) is 4.90 Å². The van der Waals surface area contributed by atoms with Crippen molar-refractivity contribution >= 4 is 23.1 Å². The van der Waals surface area contributed by atoms with Crippen LogP contribution in [0.15, 0.2) is 18.2 Å². The Kier molecular flexibility index (Phi) is 4.54. The van der Waals surface area contributed by atoms with Gasteiger partial charge in [0.1, 0.15) is 16.6 Å². The fourth-order valence-corrected chi connectivity index (χ4v) is 2.48. The Bertz CT molecular complexity index is 530. The number of thiocarbonyl (C=S) groups is 1. The van der Waals surface area contributed by atoms with Crippen LogP contribution in [0, 0.1) is 5.82 Å². The number of likely N-dealkylation sites (tertiary alicyclic amines) is 1. The zero-order valence-electron chi connectivity index (χ0n) is 11.3. The summed E-state index contributed by atoms with van der Waals surface area (Å²) < 4.78 is 19.3. The molecule has 0 bridgehead atoms. The lowest BCUT2D eigenvalue weighted by atomic mass is 10.2. The SMILES string of the molecule is CC(Oc1cccc(F)c1C(N)=S)C(=O)N1CCCC1. The second kappa shape index (κ2) is 6.17. The predicted molar refractivity (Wildman–Crippen MR) is 78.2 cm³/mol. The first kappa shape index (κ1) is 14.7. The van der Waals surface area contributed by atoms with E-state index in [1.807, 2.05) is 0 Å². The second-order valence-corrected chi connectivity index (χ2v) is 5.21. The van der Waals surface area contributed by atoms with Gasteiger partial charge in [0.05, 0.1) is 5.56 Å². The number of amides is 1. The van der Waals surface area contributed by atoms with Crippen LogP contribution >= 0.6 is 12.2 Å². The summed E-state index contributed by atoms with van der Waals surface area (Å²) in [5, 5.41) is 0. The van der Waals surface area contributed by atoms with E-state index in [0.29, 0.717) is 0 Å². The van der Waals surface area contributed by atoms with Crippen LogP contribution in [0.3, 0.4) is 0 Å². The number of carbonyl (C=O) groups is 1. The Morgan fingerprint density at radius 1 is 1.45 bits per heavy atom. The second-order valence-electron chi connectivity index (χ2n) is 4.77. The summed E-state index contributed by atoms with van der Waals surface area (Å²) in [6.45, 7) is 3.14. The number of benzene rings is 1. The minimum absolute atomic E-state index is 0.0450. The molecule has 1 amide bonds. The van der Waals surface area contributed by atoms with Gasteiger partial charge in [-0.15, -0.1) is 0 Å². The van der Waals surface area contributed by atoms with Crippen LogP contribution in [-0.4, -0.2) is 35.0 Å². The molecule has 4 nitrogen and oxygen atoms in total. The summed E-state index contributed by atoms with van der Waals surface area (Å²) in [5.41, 5.74) is 5.55. The Morgan fingerprint density at radius 2 is 2.10 bits per heavy atom. The van der Waals surface area contributed by atoms with Crippen molar-refractivity contribution in [1.29, 1.82) is 0 Å². The van der Waals surface area contributed by atoms with Gasteiger partial charge in [0.25, 0.3) is 5.91 Å². The third-order valence-corrected chi connectivity index (χ3v) is 3.50. The summed E-state index contributed by atoms with van der Waals surface area (Å²) in [5.74, 6) is -0.436. The fraction of sp³-hybridized carbons (Fsp3) is 0.429. The number of halogens is 1. The van der Waals surface area contributed by atoms with Crippen molar-refractivity contribution < 1.29 is 13.9 Å². The third-order valence-electron chi connectivity index (χ3n) is 3.29. The molecule has 20 heavy (non-hydrogen) atoms. The Balaban J connectivity index is 2.15.